The number of carbonyl (C=O) groups is 1. The van der Waals surface area contributed by atoms with E-state index < -0.39 is 9.28 Å². The van der Waals surface area contributed by atoms with Gasteiger partial charge in [-0.25, -0.2) is 0 Å². The number of rotatable bonds is 10. The summed E-state index contributed by atoms with van der Waals surface area (Å²) in [5.74, 6) is 0.706. The molecule has 0 unspecified atom stereocenters. The van der Waals surface area contributed by atoms with Gasteiger partial charge in [-0.15, -0.1) is 0 Å². The molecule has 1 amide bonds. The van der Waals surface area contributed by atoms with Crippen molar-refractivity contribution < 1.29 is 13.6 Å². The second-order valence-electron chi connectivity index (χ2n) is 5.87. The van der Waals surface area contributed by atoms with Gasteiger partial charge in [-0.1, -0.05) is 13.8 Å². The Morgan fingerprint density at radius 1 is 1.05 bits per heavy atom. The van der Waals surface area contributed by atoms with Crippen LogP contribution in [0.2, 0.25) is 6.04 Å². The van der Waals surface area contributed by atoms with E-state index in [2.05, 4.69) is 19.2 Å². The van der Waals surface area contributed by atoms with Crippen LogP contribution in [0.3, 0.4) is 0 Å². The van der Waals surface area contributed by atoms with Crippen LogP contribution < -0.4 is 5.32 Å². The maximum atomic E-state index is 11.6. The SMILES string of the molecule is CC(C)CCC(=O)NCC[SiH](OC(C)C)OC(C)C. The number of hydrogen-bond acceptors (Lipinski definition) is 3. The molecule has 0 heterocycles. The number of nitrogens with one attached hydrogen (secondary N) is 1. The largest absolute Gasteiger partial charge is 0.394 e. The molecule has 0 saturated heterocycles. The van der Waals surface area contributed by atoms with Gasteiger partial charge in [0.05, 0.1) is 0 Å². The molecule has 5 heteroatoms. The van der Waals surface area contributed by atoms with Crippen LogP contribution in [-0.2, 0) is 13.6 Å². The summed E-state index contributed by atoms with van der Waals surface area (Å²) < 4.78 is 11.6. The molecule has 0 aromatic heterocycles. The molecule has 0 bridgehead atoms. The highest BCUT2D eigenvalue weighted by atomic mass is 28.3. The summed E-state index contributed by atoms with van der Waals surface area (Å²) >= 11 is 0. The van der Waals surface area contributed by atoms with E-state index >= 15 is 0 Å². The van der Waals surface area contributed by atoms with Crippen molar-refractivity contribution in [2.24, 2.45) is 5.92 Å². The number of hydrogen-bond donors (Lipinski definition) is 1. The van der Waals surface area contributed by atoms with Crippen LogP contribution in [0, 0.1) is 5.92 Å². The van der Waals surface area contributed by atoms with E-state index in [1.165, 1.54) is 0 Å². The van der Waals surface area contributed by atoms with Gasteiger partial charge in [0.15, 0.2) is 0 Å². The van der Waals surface area contributed by atoms with Crippen LogP contribution in [0.1, 0.15) is 54.4 Å². The number of carbonyl (C=O) groups excluding carboxylic acids is 1. The molecular weight excluding hydrogens is 258 g/mol. The second kappa shape index (κ2) is 10.4. The van der Waals surface area contributed by atoms with Crippen molar-refractivity contribution >= 4 is 15.2 Å². The Bertz CT molecular complexity index is 235. The fourth-order valence-electron chi connectivity index (χ4n) is 1.61. The maximum absolute atomic E-state index is 11.6. The zero-order valence-electron chi connectivity index (χ0n) is 13.4. The second-order valence-corrected chi connectivity index (χ2v) is 7.85. The Morgan fingerprint density at radius 3 is 2.00 bits per heavy atom. The van der Waals surface area contributed by atoms with Gasteiger partial charge in [0.25, 0.3) is 0 Å². The quantitative estimate of drug-likeness (QED) is 0.629. The lowest BCUT2D eigenvalue weighted by molar-refractivity contribution is -0.121. The minimum absolute atomic E-state index is 0.135. The Kier molecular flexibility index (Phi) is 10.2. The molecule has 0 saturated carbocycles. The third-order valence-electron chi connectivity index (χ3n) is 2.50. The van der Waals surface area contributed by atoms with Crippen LogP contribution >= 0.6 is 0 Å². The van der Waals surface area contributed by atoms with Crippen molar-refractivity contribution in [2.45, 2.75) is 72.6 Å². The van der Waals surface area contributed by atoms with Crippen LogP contribution in [-0.4, -0.2) is 33.9 Å². The first-order valence-electron chi connectivity index (χ1n) is 7.38. The lowest BCUT2D eigenvalue weighted by Gasteiger charge is -2.21. The molecule has 0 aliphatic carbocycles. The topological polar surface area (TPSA) is 47.6 Å². The molecular formula is C14H31NO3Si. The molecule has 0 aliphatic rings. The molecule has 0 rings (SSSR count). The monoisotopic (exact) mass is 289 g/mol. The standard InChI is InChI=1S/C14H31NO3Si/c1-11(2)7-8-14(16)15-9-10-19(17-12(3)4)18-13(5)6/h11-13,19H,7-10H2,1-6H3,(H,15,16). The van der Waals surface area contributed by atoms with Crippen LogP contribution in [0.5, 0.6) is 0 Å². The first kappa shape index (κ1) is 18.6. The van der Waals surface area contributed by atoms with Gasteiger partial charge in [-0.3, -0.25) is 4.79 Å². The molecule has 114 valence electrons. The van der Waals surface area contributed by atoms with Gasteiger partial charge in [-0.2, -0.15) is 0 Å². The summed E-state index contributed by atoms with van der Waals surface area (Å²) in [7, 11) is -1.66. The highest BCUT2D eigenvalue weighted by molar-refractivity contribution is 6.44. The van der Waals surface area contributed by atoms with E-state index in [-0.39, 0.29) is 18.1 Å². The van der Waals surface area contributed by atoms with Crippen molar-refractivity contribution in [2.75, 3.05) is 6.54 Å². The average molecular weight is 289 g/mol. The van der Waals surface area contributed by atoms with Gasteiger partial charge in [0.2, 0.25) is 5.91 Å². The fourth-order valence-corrected chi connectivity index (χ4v) is 3.54. The summed E-state index contributed by atoms with van der Waals surface area (Å²) in [5.41, 5.74) is 0. The van der Waals surface area contributed by atoms with E-state index in [1.54, 1.807) is 0 Å². The third-order valence-corrected chi connectivity index (χ3v) is 4.95. The summed E-state index contributed by atoms with van der Waals surface area (Å²) in [6.07, 6.45) is 1.93. The fraction of sp³-hybridized carbons (Fsp3) is 0.929. The Balaban J connectivity index is 3.87. The van der Waals surface area contributed by atoms with E-state index in [4.69, 9.17) is 8.85 Å². The van der Waals surface area contributed by atoms with Gasteiger partial charge >= 0.3 is 9.28 Å². The van der Waals surface area contributed by atoms with Gasteiger partial charge < -0.3 is 14.2 Å². The van der Waals surface area contributed by atoms with E-state index in [1.807, 2.05) is 27.7 Å². The molecule has 1 N–H and O–H groups in total. The first-order chi connectivity index (χ1) is 8.81. The minimum Gasteiger partial charge on any atom is -0.394 e. The van der Waals surface area contributed by atoms with Gasteiger partial charge in [0.1, 0.15) is 0 Å². The normalized spacial score (nSPS) is 11.9. The molecule has 0 spiro atoms. The summed E-state index contributed by atoms with van der Waals surface area (Å²) in [4.78, 5) is 11.6. The highest BCUT2D eigenvalue weighted by Gasteiger charge is 2.17. The van der Waals surface area contributed by atoms with Gasteiger partial charge in [0, 0.05) is 31.2 Å². The summed E-state index contributed by atoms with van der Waals surface area (Å²) in [6.45, 7) is 13.0. The molecule has 0 aromatic rings. The van der Waals surface area contributed by atoms with Crippen molar-refractivity contribution in [1.29, 1.82) is 0 Å². The van der Waals surface area contributed by atoms with Crippen LogP contribution in [0.25, 0.3) is 0 Å². The molecule has 0 fully saturated rings. The van der Waals surface area contributed by atoms with E-state index in [9.17, 15) is 4.79 Å². The molecule has 0 aromatic carbocycles. The van der Waals surface area contributed by atoms with E-state index in [0.717, 1.165) is 12.5 Å². The van der Waals surface area contributed by atoms with Crippen LogP contribution in [0.15, 0.2) is 0 Å². The molecule has 0 aliphatic heterocycles. The smallest absolute Gasteiger partial charge is 0.323 e. The predicted octanol–water partition coefficient (Wildman–Crippen LogP) is 2.61. The van der Waals surface area contributed by atoms with Crippen molar-refractivity contribution in [3.05, 3.63) is 0 Å². The molecule has 19 heavy (non-hydrogen) atoms. The van der Waals surface area contributed by atoms with Crippen molar-refractivity contribution in [3.8, 4) is 0 Å². The third kappa shape index (κ3) is 12.4. The Morgan fingerprint density at radius 2 is 1.58 bits per heavy atom. The summed E-state index contributed by atoms with van der Waals surface area (Å²) in [6, 6.07) is 0.823. The Hall–Kier alpha value is -0.393. The zero-order valence-corrected chi connectivity index (χ0v) is 14.5. The minimum atomic E-state index is -1.66. The summed E-state index contributed by atoms with van der Waals surface area (Å²) in [5, 5.41) is 2.95. The number of amides is 1. The average Bonchev–Trinajstić information content (AvgIpc) is 2.24. The predicted molar refractivity (Wildman–Crippen MR) is 81.5 cm³/mol. The molecule has 4 nitrogen and oxygen atoms in total. The van der Waals surface area contributed by atoms with Crippen LogP contribution in [0.4, 0.5) is 0 Å². The lowest BCUT2D eigenvalue weighted by atomic mass is 10.1. The molecule has 0 radical (unpaired) electrons. The zero-order chi connectivity index (χ0) is 14.8. The first-order valence-corrected chi connectivity index (χ1v) is 9.14. The Labute approximate surface area is 120 Å². The molecule has 0 atom stereocenters. The highest BCUT2D eigenvalue weighted by Crippen LogP contribution is 2.05. The maximum Gasteiger partial charge on any atom is 0.323 e. The van der Waals surface area contributed by atoms with Gasteiger partial charge in [-0.05, 0) is 40.0 Å². The van der Waals surface area contributed by atoms with Crippen molar-refractivity contribution in [3.63, 3.8) is 0 Å². The van der Waals surface area contributed by atoms with Crippen molar-refractivity contribution in [1.82, 2.24) is 5.32 Å². The van der Waals surface area contributed by atoms with E-state index in [0.29, 0.717) is 18.9 Å². The lowest BCUT2D eigenvalue weighted by Crippen LogP contribution is -2.34.